The highest BCUT2D eigenvalue weighted by Gasteiger charge is 2.78. The van der Waals surface area contributed by atoms with Crippen molar-refractivity contribution in [2.45, 2.75) is 61.7 Å². The summed E-state index contributed by atoms with van der Waals surface area (Å²) in [6.07, 6.45) is 4.79. The Morgan fingerprint density at radius 2 is 1.65 bits per heavy atom. The molecule has 8 heteroatoms. The fraction of sp³-hybridized carbons (Fsp3) is 0.457. The van der Waals surface area contributed by atoms with Gasteiger partial charge >= 0.3 is 0 Å². The van der Waals surface area contributed by atoms with Gasteiger partial charge in [-0.3, -0.25) is 14.4 Å². The Bertz CT molecular complexity index is 1370. The lowest BCUT2D eigenvalue weighted by Crippen LogP contribution is -2.58. The van der Waals surface area contributed by atoms with Crippen molar-refractivity contribution < 1.29 is 19.5 Å². The fourth-order valence-corrected chi connectivity index (χ4v) is 9.92. The van der Waals surface area contributed by atoms with E-state index in [2.05, 4.69) is 20.1 Å². The van der Waals surface area contributed by atoms with Crippen molar-refractivity contribution in [2.75, 3.05) is 24.6 Å². The first-order valence-corrected chi connectivity index (χ1v) is 16.0. The van der Waals surface area contributed by atoms with Gasteiger partial charge in [0.1, 0.15) is 6.04 Å². The summed E-state index contributed by atoms with van der Waals surface area (Å²) in [5.74, 6) is -1.86. The molecule has 3 aliphatic rings. The summed E-state index contributed by atoms with van der Waals surface area (Å²) in [6.45, 7) is 14.6. The van der Waals surface area contributed by atoms with Crippen LogP contribution in [0.3, 0.4) is 0 Å². The smallest absolute Gasteiger partial charge is 0.247 e. The number of fused-ring (bicyclic) bond motifs is 1. The Hall–Kier alpha value is -3.36. The van der Waals surface area contributed by atoms with E-state index >= 15 is 0 Å². The molecule has 2 aromatic carbocycles. The summed E-state index contributed by atoms with van der Waals surface area (Å²) >= 11 is 1.65. The van der Waals surface area contributed by atoms with E-state index < -0.39 is 33.4 Å². The van der Waals surface area contributed by atoms with Gasteiger partial charge in [-0.1, -0.05) is 74.5 Å². The number of hydrogen-bond donors (Lipinski definition) is 1. The van der Waals surface area contributed by atoms with Crippen LogP contribution >= 0.6 is 11.8 Å². The van der Waals surface area contributed by atoms with E-state index in [-0.39, 0.29) is 30.2 Å². The standard InChI is InChI=1S/C35H43N3O4S/c1-6-20-36(22-25-14-10-8-11-15-25)33(42)30-35-19-18-34(5,43-35)28(29(35)32(41)38(30)27(23-39)24(3)4)31(40)37(21-7-2)26-16-12-9-13-17-26/h6-17,24,27-30,39H,1-2,18-23H2,3-5H3/t27-,28-,29-,30?,34+,35?/m0/s1. The van der Waals surface area contributed by atoms with Crippen LogP contribution in [0, 0.1) is 17.8 Å². The number of aliphatic hydroxyl groups excluding tert-OH is 1. The van der Waals surface area contributed by atoms with E-state index in [1.54, 1.807) is 38.6 Å². The maximum Gasteiger partial charge on any atom is 0.247 e. The van der Waals surface area contributed by atoms with Gasteiger partial charge in [-0.2, -0.15) is 0 Å². The zero-order valence-corrected chi connectivity index (χ0v) is 26.2. The van der Waals surface area contributed by atoms with Crippen LogP contribution in [0.1, 0.15) is 39.2 Å². The van der Waals surface area contributed by atoms with Crippen LogP contribution in [-0.2, 0) is 20.9 Å². The average Bonchev–Trinajstić information content (AvgIpc) is 3.57. The molecule has 6 atom stereocenters. The normalized spacial score (nSPS) is 28.1. The molecule has 0 saturated carbocycles. The predicted octanol–water partition coefficient (Wildman–Crippen LogP) is 4.92. The molecule has 3 aliphatic heterocycles. The lowest BCUT2D eigenvalue weighted by Gasteiger charge is -2.40. The zero-order valence-electron chi connectivity index (χ0n) is 25.4. The molecule has 0 aromatic heterocycles. The van der Waals surface area contributed by atoms with Crippen LogP contribution in [0.2, 0.25) is 0 Å². The Kier molecular flexibility index (Phi) is 8.91. The quantitative estimate of drug-likeness (QED) is 0.350. The number of anilines is 1. The second-order valence-electron chi connectivity index (χ2n) is 12.5. The van der Waals surface area contributed by atoms with Crippen molar-refractivity contribution in [3.8, 4) is 0 Å². The van der Waals surface area contributed by atoms with Crippen molar-refractivity contribution in [1.29, 1.82) is 0 Å². The molecule has 2 aromatic rings. The molecule has 43 heavy (non-hydrogen) atoms. The number of hydrogen-bond acceptors (Lipinski definition) is 5. The number of rotatable bonds is 12. The average molecular weight is 602 g/mol. The zero-order chi connectivity index (χ0) is 30.9. The molecule has 5 rings (SSSR count). The number of amides is 3. The summed E-state index contributed by atoms with van der Waals surface area (Å²) in [7, 11) is 0. The Morgan fingerprint density at radius 1 is 1.02 bits per heavy atom. The molecule has 2 unspecified atom stereocenters. The van der Waals surface area contributed by atoms with Crippen LogP contribution in [0.4, 0.5) is 5.69 Å². The lowest BCUT2D eigenvalue weighted by atomic mass is 9.66. The third kappa shape index (κ3) is 5.22. The van der Waals surface area contributed by atoms with Gasteiger partial charge in [0.25, 0.3) is 0 Å². The number of aliphatic hydroxyl groups is 1. The third-order valence-corrected chi connectivity index (χ3v) is 11.5. The lowest BCUT2D eigenvalue weighted by molar-refractivity contribution is -0.147. The highest BCUT2D eigenvalue weighted by atomic mass is 32.2. The Balaban J connectivity index is 1.60. The van der Waals surface area contributed by atoms with E-state index in [4.69, 9.17) is 0 Å². The van der Waals surface area contributed by atoms with Gasteiger partial charge < -0.3 is 19.8 Å². The summed E-state index contributed by atoms with van der Waals surface area (Å²) in [5, 5.41) is 10.6. The first kappa shape index (κ1) is 31.1. The third-order valence-electron chi connectivity index (χ3n) is 9.55. The van der Waals surface area contributed by atoms with Crippen molar-refractivity contribution in [3.63, 3.8) is 0 Å². The maximum absolute atomic E-state index is 14.8. The van der Waals surface area contributed by atoms with E-state index in [0.717, 1.165) is 17.7 Å². The summed E-state index contributed by atoms with van der Waals surface area (Å²) < 4.78 is -1.29. The first-order valence-electron chi connectivity index (χ1n) is 15.2. The molecule has 3 heterocycles. The fourth-order valence-electron chi connectivity index (χ4n) is 7.59. The van der Waals surface area contributed by atoms with Crippen molar-refractivity contribution in [1.82, 2.24) is 9.80 Å². The molecule has 1 spiro atoms. The van der Waals surface area contributed by atoms with E-state index in [0.29, 0.717) is 26.1 Å². The first-order chi connectivity index (χ1) is 20.6. The number of para-hydroxylation sites is 1. The highest BCUT2D eigenvalue weighted by Crippen LogP contribution is 2.72. The van der Waals surface area contributed by atoms with Crippen molar-refractivity contribution in [3.05, 3.63) is 91.5 Å². The van der Waals surface area contributed by atoms with Gasteiger partial charge in [-0.05, 0) is 43.4 Å². The molecule has 0 radical (unpaired) electrons. The number of likely N-dealkylation sites (tertiary alicyclic amines) is 1. The molecular formula is C35H43N3O4S. The molecule has 0 aliphatic carbocycles. The van der Waals surface area contributed by atoms with E-state index in [1.807, 2.05) is 74.5 Å². The minimum atomic E-state index is -0.803. The van der Waals surface area contributed by atoms with Gasteiger partial charge in [0.2, 0.25) is 17.7 Å². The molecule has 3 amide bonds. The van der Waals surface area contributed by atoms with Gasteiger partial charge in [0, 0.05) is 30.1 Å². The van der Waals surface area contributed by atoms with Gasteiger partial charge in [-0.15, -0.1) is 24.9 Å². The second-order valence-corrected chi connectivity index (χ2v) is 14.4. The van der Waals surface area contributed by atoms with Crippen LogP contribution in [-0.4, -0.2) is 73.9 Å². The predicted molar refractivity (Wildman–Crippen MR) is 172 cm³/mol. The van der Waals surface area contributed by atoms with Crippen LogP contribution < -0.4 is 4.90 Å². The molecular weight excluding hydrogens is 558 g/mol. The van der Waals surface area contributed by atoms with Crippen molar-refractivity contribution >= 4 is 35.2 Å². The monoisotopic (exact) mass is 601 g/mol. The topological polar surface area (TPSA) is 81.2 Å². The van der Waals surface area contributed by atoms with Crippen molar-refractivity contribution in [2.24, 2.45) is 17.8 Å². The molecule has 3 saturated heterocycles. The second kappa shape index (κ2) is 12.3. The molecule has 3 fully saturated rings. The van der Waals surface area contributed by atoms with Gasteiger partial charge in [0.05, 0.1) is 29.2 Å². The van der Waals surface area contributed by atoms with Gasteiger partial charge in [-0.25, -0.2) is 0 Å². The molecule has 7 nitrogen and oxygen atoms in total. The number of thioether (sulfide) groups is 1. The maximum atomic E-state index is 14.8. The molecule has 228 valence electrons. The SMILES string of the molecule is C=CCN(Cc1ccccc1)C(=O)C1N([C@@H](CO)C(C)C)C(=O)[C@@H]2[C@@H](C(=O)N(CC=C)c3ccccc3)[C@@]3(C)CCC12S3. The Labute approximate surface area is 259 Å². The summed E-state index contributed by atoms with van der Waals surface area (Å²) in [6, 6.07) is 17.9. The van der Waals surface area contributed by atoms with Crippen LogP contribution in [0.15, 0.2) is 86.0 Å². The number of carbonyl (C=O) groups is 3. The van der Waals surface area contributed by atoms with E-state index in [9.17, 15) is 19.5 Å². The minimum absolute atomic E-state index is 0.0880. The van der Waals surface area contributed by atoms with Crippen LogP contribution in [0.25, 0.3) is 0 Å². The molecule has 1 N–H and O–H groups in total. The van der Waals surface area contributed by atoms with Gasteiger partial charge in [0.15, 0.2) is 0 Å². The molecule has 2 bridgehead atoms. The Morgan fingerprint density at radius 3 is 2.23 bits per heavy atom. The number of nitrogens with zero attached hydrogens (tertiary/aromatic N) is 3. The van der Waals surface area contributed by atoms with E-state index in [1.165, 1.54) is 0 Å². The summed E-state index contributed by atoms with van der Waals surface area (Å²) in [4.78, 5) is 49.2. The van der Waals surface area contributed by atoms with Crippen LogP contribution in [0.5, 0.6) is 0 Å². The highest BCUT2D eigenvalue weighted by molar-refractivity contribution is 8.02. The minimum Gasteiger partial charge on any atom is -0.394 e. The number of benzene rings is 2. The number of carbonyl (C=O) groups excluding carboxylic acids is 3. The summed E-state index contributed by atoms with van der Waals surface area (Å²) in [5.41, 5.74) is 1.74. The largest absolute Gasteiger partial charge is 0.394 e.